The predicted molar refractivity (Wildman–Crippen MR) is 52.1 cm³/mol. The molecule has 1 aromatic rings. The maximum Gasteiger partial charge on any atom is 0.376 e. The second-order valence-electron chi connectivity index (χ2n) is 2.68. The van der Waals surface area contributed by atoms with E-state index in [0.717, 1.165) is 0 Å². The molecule has 1 rings (SSSR count). The van der Waals surface area contributed by atoms with E-state index in [-0.39, 0.29) is 5.56 Å². The summed E-state index contributed by atoms with van der Waals surface area (Å²) in [5.41, 5.74) is 0.217. The van der Waals surface area contributed by atoms with Crippen LogP contribution in [-0.4, -0.2) is 16.9 Å². The van der Waals surface area contributed by atoms with Gasteiger partial charge in [0.15, 0.2) is 0 Å². The largest absolute Gasteiger partial charge is 0.872 e. The van der Waals surface area contributed by atoms with Crippen molar-refractivity contribution in [1.29, 1.82) is 0 Å². The summed E-state index contributed by atoms with van der Waals surface area (Å²) >= 11 is 5.59. The number of aliphatic carboxylic acids is 1. The highest BCUT2D eigenvalue weighted by Crippen LogP contribution is 2.13. The molecule has 0 aromatic heterocycles. The van der Waals surface area contributed by atoms with Crippen molar-refractivity contribution in [3.05, 3.63) is 40.9 Å². The number of carbonyl (C=O) groups is 2. The van der Waals surface area contributed by atoms with Gasteiger partial charge in [-0.1, -0.05) is 29.5 Å². The van der Waals surface area contributed by atoms with Crippen LogP contribution in [0.15, 0.2) is 30.3 Å². The summed E-state index contributed by atoms with van der Waals surface area (Å²) in [6.07, 6.45) is 0.533. The molecule has 78 valence electrons. The standard InChI is InChI=1S/C10H7ClO4/c11-7-3-1-6(2-4-7)8(12)5-9(13)10(14)15/h1-5,12H,(H,14,15)/p-1/b8-5-. The first-order valence-electron chi connectivity index (χ1n) is 3.92. The molecule has 0 aliphatic carbocycles. The maximum atomic E-state index is 11.3. The monoisotopic (exact) mass is 225 g/mol. The molecule has 1 N–H and O–H groups in total. The van der Waals surface area contributed by atoms with Gasteiger partial charge in [0.25, 0.3) is 5.78 Å². The number of benzene rings is 1. The Hall–Kier alpha value is -1.81. The zero-order chi connectivity index (χ0) is 11.4. The van der Waals surface area contributed by atoms with E-state index in [1.807, 2.05) is 0 Å². The average Bonchev–Trinajstić information content (AvgIpc) is 2.18. The fourth-order valence-electron chi connectivity index (χ4n) is 0.878. The quantitative estimate of drug-likeness (QED) is 0.467. The summed E-state index contributed by atoms with van der Waals surface area (Å²) in [7, 11) is 0. The molecule has 5 heteroatoms. The van der Waals surface area contributed by atoms with Crippen LogP contribution in [0.4, 0.5) is 0 Å². The Kier molecular flexibility index (Phi) is 3.46. The van der Waals surface area contributed by atoms with Crippen LogP contribution in [0.25, 0.3) is 5.76 Å². The van der Waals surface area contributed by atoms with Crippen LogP contribution in [0.3, 0.4) is 0 Å². The SMILES string of the molecule is O=C(O)C(=O)/C=C(\[O-])c1ccc(Cl)cc1. The molecule has 0 aliphatic rings. The summed E-state index contributed by atoms with van der Waals surface area (Å²) in [6.45, 7) is 0. The lowest BCUT2D eigenvalue weighted by molar-refractivity contribution is -0.243. The minimum atomic E-state index is -1.66. The molecule has 0 bridgehead atoms. The lowest BCUT2D eigenvalue weighted by atomic mass is 10.1. The van der Waals surface area contributed by atoms with Crippen molar-refractivity contribution in [2.45, 2.75) is 0 Å². The fraction of sp³-hybridized carbons (Fsp3) is 0. The Bertz CT molecular complexity index is 420. The molecule has 0 amide bonds. The number of ketones is 1. The van der Waals surface area contributed by atoms with Crippen molar-refractivity contribution >= 4 is 29.1 Å². The Morgan fingerprint density at radius 1 is 1.27 bits per heavy atom. The van der Waals surface area contributed by atoms with E-state index >= 15 is 0 Å². The summed E-state index contributed by atoms with van der Waals surface area (Å²) in [6, 6.07) is 5.79. The predicted octanol–water partition coefficient (Wildman–Crippen LogP) is 0.695. The Labute approximate surface area is 90.4 Å². The third kappa shape index (κ3) is 3.11. The number of halogens is 1. The van der Waals surface area contributed by atoms with Crippen molar-refractivity contribution in [1.82, 2.24) is 0 Å². The molecule has 4 nitrogen and oxygen atoms in total. The van der Waals surface area contributed by atoms with Gasteiger partial charge in [-0.3, -0.25) is 4.79 Å². The maximum absolute atomic E-state index is 11.3. The van der Waals surface area contributed by atoms with Gasteiger partial charge < -0.3 is 10.2 Å². The summed E-state index contributed by atoms with van der Waals surface area (Å²) in [5, 5.41) is 20.0. The van der Waals surface area contributed by atoms with E-state index < -0.39 is 17.5 Å². The number of carbonyl (C=O) groups excluding carboxylic acids is 1. The zero-order valence-corrected chi connectivity index (χ0v) is 8.19. The Balaban J connectivity index is 2.94. The Morgan fingerprint density at radius 2 is 1.80 bits per heavy atom. The molecule has 0 aliphatic heterocycles. The van der Waals surface area contributed by atoms with Gasteiger partial charge in [-0.2, -0.15) is 0 Å². The molecule has 15 heavy (non-hydrogen) atoms. The highest BCUT2D eigenvalue weighted by molar-refractivity contribution is 6.38. The minimum absolute atomic E-state index is 0.217. The van der Waals surface area contributed by atoms with E-state index in [0.29, 0.717) is 11.1 Å². The lowest BCUT2D eigenvalue weighted by Crippen LogP contribution is -2.13. The highest BCUT2D eigenvalue weighted by atomic mass is 35.5. The highest BCUT2D eigenvalue weighted by Gasteiger charge is 2.06. The van der Waals surface area contributed by atoms with E-state index in [1.165, 1.54) is 24.3 Å². The molecule has 0 atom stereocenters. The van der Waals surface area contributed by atoms with Gasteiger partial charge in [-0.05, 0) is 23.8 Å². The first kappa shape index (κ1) is 11.3. The van der Waals surface area contributed by atoms with Crippen LogP contribution < -0.4 is 5.11 Å². The van der Waals surface area contributed by atoms with Crippen LogP contribution >= 0.6 is 11.6 Å². The molecule has 0 spiro atoms. The van der Waals surface area contributed by atoms with Gasteiger partial charge in [-0.15, -0.1) is 0 Å². The molecule has 0 saturated carbocycles. The molecule has 0 unspecified atom stereocenters. The van der Waals surface area contributed by atoms with Gasteiger partial charge in [0.05, 0.1) is 0 Å². The molecule has 0 fully saturated rings. The third-order valence-electron chi connectivity index (χ3n) is 1.60. The van der Waals surface area contributed by atoms with Crippen molar-refractivity contribution in [2.24, 2.45) is 0 Å². The lowest BCUT2D eigenvalue weighted by Gasteiger charge is -2.10. The number of hydrogen-bond acceptors (Lipinski definition) is 3. The topological polar surface area (TPSA) is 77.4 Å². The van der Waals surface area contributed by atoms with Crippen LogP contribution in [0.2, 0.25) is 5.02 Å². The van der Waals surface area contributed by atoms with Gasteiger partial charge in [0, 0.05) is 5.02 Å². The Morgan fingerprint density at radius 3 is 2.27 bits per heavy atom. The summed E-state index contributed by atoms with van der Waals surface area (Å²) < 4.78 is 0. The van der Waals surface area contributed by atoms with Crippen LogP contribution in [-0.2, 0) is 9.59 Å². The van der Waals surface area contributed by atoms with Gasteiger partial charge in [-0.25, -0.2) is 4.79 Å². The van der Waals surface area contributed by atoms with Crippen molar-refractivity contribution < 1.29 is 19.8 Å². The molecule has 0 heterocycles. The molecular formula is C10H6ClO4-. The minimum Gasteiger partial charge on any atom is -0.872 e. The van der Waals surface area contributed by atoms with Crippen LogP contribution in [0, 0.1) is 0 Å². The third-order valence-corrected chi connectivity index (χ3v) is 1.85. The zero-order valence-electron chi connectivity index (χ0n) is 7.44. The van der Waals surface area contributed by atoms with E-state index in [9.17, 15) is 14.7 Å². The fourth-order valence-corrected chi connectivity index (χ4v) is 1.00. The normalized spacial score (nSPS) is 11.1. The van der Waals surface area contributed by atoms with Crippen molar-refractivity contribution in [3.63, 3.8) is 0 Å². The number of carboxylic acid groups (broad SMARTS) is 1. The van der Waals surface area contributed by atoms with Gasteiger partial charge in [0.2, 0.25) is 0 Å². The second-order valence-corrected chi connectivity index (χ2v) is 3.12. The van der Waals surface area contributed by atoms with E-state index in [4.69, 9.17) is 16.7 Å². The first-order valence-corrected chi connectivity index (χ1v) is 4.30. The number of rotatable bonds is 3. The van der Waals surface area contributed by atoms with Gasteiger partial charge in [0.1, 0.15) is 0 Å². The van der Waals surface area contributed by atoms with E-state index in [1.54, 1.807) is 0 Å². The molecular weight excluding hydrogens is 220 g/mol. The first-order chi connectivity index (χ1) is 7.00. The number of carboxylic acids is 1. The summed E-state index contributed by atoms with van der Waals surface area (Å²) in [4.78, 5) is 20.9. The average molecular weight is 226 g/mol. The van der Waals surface area contributed by atoms with Crippen molar-refractivity contribution in [2.75, 3.05) is 0 Å². The van der Waals surface area contributed by atoms with Crippen LogP contribution in [0.5, 0.6) is 0 Å². The second kappa shape index (κ2) is 4.61. The summed E-state index contributed by atoms with van der Waals surface area (Å²) in [5.74, 6) is -3.55. The number of hydrogen-bond donors (Lipinski definition) is 1. The van der Waals surface area contributed by atoms with Crippen LogP contribution in [0.1, 0.15) is 5.56 Å². The molecule has 0 saturated heterocycles. The smallest absolute Gasteiger partial charge is 0.376 e. The van der Waals surface area contributed by atoms with Gasteiger partial charge >= 0.3 is 5.97 Å². The van der Waals surface area contributed by atoms with Crippen molar-refractivity contribution in [3.8, 4) is 0 Å². The van der Waals surface area contributed by atoms with E-state index in [2.05, 4.69) is 0 Å². The molecule has 1 aromatic carbocycles. The molecule has 0 radical (unpaired) electrons.